The lowest BCUT2D eigenvalue weighted by Gasteiger charge is -2.06. The Hall–Kier alpha value is -0.320. The fraction of sp³-hybridized carbons (Fsp3) is 0.917. The second kappa shape index (κ2) is 10.8. The average Bonchev–Trinajstić information content (AvgIpc) is 3.07. The first-order chi connectivity index (χ1) is 7.83. The molecule has 0 atom stereocenters. The van der Waals surface area contributed by atoms with Crippen molar-refractivity contribution in [3.8, 4) is 0 Å². The second-order valence-corrected chi connectivity index (χ2v) is 4.39. The molecule has 0 unspecified atom stereocenters. The summed E-state index contributed by atoms with van der Waals surface area (Å²) in [5.74, 6) is 0.893. The van der Waals surface area contributed by atoms with Crippen molar-refractivity contribution in [1.29, 1.82) is 0 Å². The van der Waals surface area contributed by atoms with E-state index in [-0.39, 0.29) is 18.3 Å². The molecule has 4 nitrogen and oxygen atoms in total. The molecule has 0 aromatic carbocycles. The molecule has 0 aliphatic heterocycles. The summed E-state index contributed by atoms with van der Waals surface area (Å²) in [6.45, 7) is 5.59. The van der Waals surface area contributed by atoms with Crippen LogP contribution in [0.1, 0.15) is 32.6 Å². The Bertz CT molecular complexity index is 199. The highest BCUT2D eigenvalue weighted by molar-refractivity contribution is 5.85. The van der Waals surface area contributed by atoms with Gasteiger partial charge in [0.05, 0.1) is 13.2 Å². The number of rotatable bonds is 10. The van der Waals surface area contributed by atoms with Crippen molar-refractivity contribution in [2.45, 2.75) is 32.6 Å². The van der Waals surface area contributed by atoms with E-state index in [1.807, 2.05) is 0 Å². The van der Waals surface area contributed by atoms with Crippen LogP contribution in [0.3, 0.4) is 0 Å². The van der Waals surface area contributed by atoms with E-state index in [9.17, 15) is 4.79 Å². The lowest BCUT2D eigenvalue weighted by molar-refractivity contribution is -0.120. The summed E-state index contributed by atoms with van der Waals surface area (Å²) in [7, 11) is 0. The van der Waals surface area contributed by atoms with Crippen molar-refractivity contribution in [1.82, 2.24) is 10.6 Å². The predicted molar refractivity (Wildman–Crippen MR) is 71.6 cm³/mol. The number of ether oxygens (including phenoxy) is 1. The molecule has 1 rings (SSSR count). The fourth-order valence-electron chi connectivity index (χ4n) is 1.39. The molecule has 1 aliphatic rings. The molecule has 2 N–H and O–H groups in total. The smallest absolute Gasteiger partial charge is 0.234 e. The highest BCUT2D eigenvalue weighted by Gasteiger charge is 2.20. The summed E-state index contributed by atoms with van der Waals surface area (Å²) in [5, 5.41) is 5.98. The molecule has 102 valence electrons. The number of halogens is 1. The van der Waals surface area contributed by atoms with Crippen molar-refractivity contribution >= 4 is 18.3 Å². The highest BCUT2D eigenvalue weighted by atomic mass is 35.5. The molecule has 0 saturated heterocycles. The molecule has 0 aromatic heterocycles. The summed E-state index contributed by atoms with van der Waals surface area (Å²) >= 11 is 0. The molecule has 0 aromatic rings. The fourth-order valence-corrected chi connectivity index (χ4v) is 1.39. The summed E-state index contributed by atoms with van der Waals surface area (Å²) in [4.78, 5) is 11.3. The summed E-state index contributed by atoms with van der Waals surface area (Å²) in [5.41, 5.74) is 0. The number of unbranched alkanes of at least 4 members (excludes halogenated alkanes) is 1. The maximum atomic E-state index is 11.3. The number of hydrogen-bond acceptors (Lipinski definition) is 3. The van der Waals surface area contributed by atoms with Crippen LogP contribution >= 0.6 is 12.4 Å². The lowest BCUT2D eigenvalue weighted by atomic mass is 10.4. The maximum absolute atomic E-state index is 11.3. The van der Waals surface area contributed by atoms with E-state index < -0.39 is 0 Å². The van der Waals surface area contributed by atoms with Gasteiger partial charge in [0, 0.05) is 13.2 Å². The Morgan fingerprint density at radius 1 is 1.35 bits per heavy atom. The zero-order chi connectivity index (χ0) is 11.6. The summed E-state index contributed by atoms with van der Waals surface area (Å²) in [6, 6.07) is 0. The lowest BCUT2D eigenvalue weighted by Crippen LogP contribution is -2.36. The Kier molecular flexibility index (Phi) is 10.6. The molecule has 17 heavy (non-hydrogen) atoms. The number of amides is 1. The normalized spacial score (nSPS) is 14.2. The third kappa shape index (κ3) is 10.5. The molecule has 1 aliphatic carbocycles. The monoisotopic (exact) mass is 264 g/mol. The van der Waals surface area contributed by atoms with E-state index in [1.165, 1.54) is 12.8 Å². The van der Waals surface area contributed by atoms with Crippen LogP contribution in [-0.4, -0.2) is 38.8 Å². The minimum atomic E-state index is 0. The van der Waals surface area contributed by atoms with Gasteiger partial charge >= 0.3 is 0 Å². The molecule has 1 fully saturated rings. The predicted octanol–water partition coefficient (Wildman–Crippen LogP) is 1.34. The first kappa shape index (κ1) is 16.7. The van der Waals surface area contributed by atoms with E-state index in [1.54, 1.807) is 0 Å². The van der Waals surface area contributed by atoms with Gasteiger partial charge in [-0.05, 0) is 31.7 Å². The van der Waals surface area contributed by atoms with Crippen LogP contribution in [-0.2, 0) is 9.53 Å². The summed E-state index contributed by atoms with van der Waals surface area (Å²) in [6.07, 6.45) is 4.88. The molecular weight excluding hydrogens is 240 g/mol. The number of carbonyl (C=O) groups is 1. The van der Waals surface area contributed by atoms with E-state index in [4.69, 9.17) is 4.74 Å². The van der Waals surface area contributed by atoms with Crippen LogP contribution in [0.2, 0.25) is 0 Å². The molecule has 1 saturated carbocycles. The first-order valence-electron chi connectivity index (χ1n) is 6.38. The van der Waals surface area contributed by atoms with Crippen molar-refractivity contribution in [3.63, 3.8) is 0 Å². The van der Waals surface area contributed by atoms with Gasteiger partial charge in [0.15, 0.2) is 0 Å². The zero-order valence-corrected chi connectivity index (χ0v) is 11.5. The second-order valence-electron chi connectivity index (χ2n) is 4.39. The van der Waals surface area contributed by atoms with E-state index in [0.717, 1.165) is 31.9 Å². The van der Waals surface area contributed by atoms with Crippen molar-refractivity contribution < 1.29 is 9.53 Å². The quantitative estimate of drug-likeness (QED) is 0.586. The molecule has 0 heterocycles. The van der Waals surface area contributed by atoms with Gasteiger partial charge in [-0.2, -0.15) is 0 Å². The Labute approximate surface area is 110 Å². The molecular formula is C12H25ClN2O2. The van der Waals surface area contributed by atoms with Gasteiger partial charge in [-0.1, -0.05) is 13.3 Å². The van der Waals surface area contributed by atoms with Gasteiger partial charge < -0.3 is 15.4 Å². The molecule has 5 heteroatoms. The molecule has 1 amide bonds. The minimum Gasteiger partial charge on any atom is -0.380 e. The highest BCUT2D eigenvalue weighted by Crippen LogP contribution is 2.27. The van der Waals surface area contributed by atoms with E-state index >= 15 is 0 Å². The van der Waals surface area contributed by atoms with Crippen LogP contribution in [0.15, 0.2) is 0 Å². The van der Waals surface area contributed by atoms with Crippen LogP contribution in [0, 0.1) is 5.92 Å². The standard InChI is InChI=1S/C12H24N2O2.ClH/c1-2-3-7-16-8-6-14-12(15)10-13-9-11-4-5-11;/h11,13H,2-10H2,1H3,(H,14,15);1H. The van der Waals surface area contributed by atoms with Gasteiger partial charge in [0.1, 0.15) is 0 Å². The molecule has 0 spiro atoms. The third-order valence-corrected chi connectivity index (χ3v) is 2.63. The Morgan fingerprint density at radius 3 is 2.76 bits per heavy atom. The third-order valence-electron chi connectivity index (χ3n) is 2.63. The summed E-state index contributed by atoms with van der Waals surface area (Å²) < 4.78 is 5.34. The Morgan fingerprint density at radius 2 is 2.12 bits per heavy atom. The molecule has 0 radical (unpaired) electrons. The van der Waals surface area contributed by atoms with Gasteiger partial charge in [-0.15, -0.1) is 12.4 Å². The van der Waals surface area contributed by atoms with Gasteiger partial charge in [-0.3, -0.25) is 4.79 Å². The number of carbonyl (C=O) groups excluding carboxylic acids is 1. The maximum Gasteiger partial charge on any atom is 0.234 e. The topological polar surface area (TPSA) is 50.4 Å². The minimum absolute atomic E-state index is 0. The van der Waals surface area contributed by atoms with Crippen LogP contribution in [0.5, 0.6) is 0 Å². The molecule has 0 bridgehead atoms. The first-order valence-corrected chi connectivity index (χ1v) is 6.38. The van der Waals surface area contributed by atoms with Crippen molar-refractivity contribution in [3.05, 3.63) is 0 Å². The zero-order valence-electron chi connectivity index (χ0n) is 10.7. The van der Waals surface area contributed by atoms with Crippen molar-refractivity contribution in [2.75, 3.05) is 32.8 Å². The van der Waals surface area contributed by atoms with E-state index in [0.29, 0.717) is 19.7 Å². The van der Waals surface area contributed by atoms with Crippen LogP contribution in [0.4, 0.5) is 0 Å². The van der Waals surface area contributed by atoms with Gasteiger partial charge in [0.2, 0.25) is 5.91 Å². The van der Waals surface area contributed by atoms with Crippen LogP contribution < -0.4 is 10.6 Å². The van der Waals surface area contributed by atoms with Gasteiger partial charge in [-0.25, -0.2) is 0 Å². The average molecular weight is 265 g/mol. The SMILES string of the molecule is CCCCOCCNC(=O)CNCC1CC1.Cl. The van der Waals surface area contributed by atoms with Gasteiger partial charge in [0.25, 0.3) is 0 Å². The van der Waals surface area contributed by atoms with E-state index in [2.05, 4.69) is 17.6 Å². The van der Waals surface area contributed by atoms with Crippen LogP contribution in [0.25, 0.3) is 0 Å². The van der Waals surface area contributed by atoms with Crippen molar-refractivity contribution in [2.24, 2.45) is 5.92 Å². The number of nitrogens with one attached hydrogen (secondary N) is 2. The largest absolute Gasteiger partial charge is 0.380 e. The Balaban J connectivity index is 0.00000256. The number of hydrogen-bond donors (Lipinski definition) is 2.